The molecule has 4 unspecified atom stereocenters. The summed E-state index contributed by atoms with van der Waals surface area (Å²) in [7, 11) is 0. The Hall–Kier alpha value is -0.610. The van der Waals surface area contributed by atoms with Gasteiger partial charge >= 0.3 is 0 Å². The van der Waals surface area contributed by atoms with Crippen LogP contribution in [0.2, 0.25) is 0 Å². The molecule has 0 aliphatic carbocycles. The number of carbonyl (C=O) groups is 1. The summed E-state index contributed by atoms with van der Waals surface area (Å²) in [4.78, 5) is 14.6. The van der Waals surface area contributed by atoms with Gasteiger partial charge in [0.1, 0.15) is 0 Å². The van der Waals surface area contributed by atoms with Crippen molar-refractivity contribution < 1.29 is 9.53 Å². The van der Waals surface area contributed by atoms with E-state index >= 15 is 0 Å². The molecule has 19 heavy (non-hydrogen) atoms. The average molecular weight is 268 g/mol. The van der Waals surface area contributed by atoms with Gasteiger partial charge in [0.25, 0.3) is 0 Å². The van der Waals surface area contributed by atoms with Crippen molar-refractivity contribution in [2.45, 2.75) is 65.3 Å². The Balaban J connectivity index is 1.99. The van der Waals surface area contributed by atoms with Gasteiger partial charge in [-0.25, -0.2) is 0 Å². The van der Waals surface area contributed by atoms with E-state index in [0.29, 0.717) is 17.7 Å². The van der Waals surface area contributed by atoms with Crippen LogP contribution in [0, 0.1) is 11.8 Å². The van der Waals surface area contributed by atoms with Gasteiger partial charge in [0.05, 0.1) is 18.3 Å². The Morgan fingerprint density at radius 2 is 2.21 bits per heavy atom. The second-order valence-corrected chi connectivity index (χ2v) is 6.39. The first-order valence-corrected chi connectivity index (χ1v) is 7.71. The Kier molecular flexibility index (Phi) is 4.85. The summed E-state index contributed by atoms with van der Waals surface area (Å²) in [6.45, 7) is 10.3. The van der Waals surface area contributed by atoms with Crippen molar-refractivity contribution in [1.82, 2.24) is 10.2 Å². The zero-order valence-electron chi connectivity index (χ0n) is 12.7. The third kappa shape index (κ3) is 3.29. The van der Waals surface area contributed by atoms with Gasteiger partial charge in [-0.2, -0.15) is 0 Å². The second kappa shape index (κ2) is 6.23. The van der Waals surface area contributed by atoms with E-state index in [2.05, 4.69) is 37.9 Å². The largest absolute Gasteiger partial charge is 0.378 e. The highest BCUT2D eigenvalue weighted by atomic mass is 16.5. The van der Waals surface area contributed by atoms with Gasteiger partial charge < -0.3 is 9.64 Å². The fourth-order valence-electron chi connectivity index (χ4n) is 3.21. The van der Waals surface area contributed by atoms with Gasteiger partial charge in [0.2, 0.25) is 5.91 Å². The maximum atomic E-state index is 12.5. The van der Waals surface area contributed by atoms with Crippen LogP contribution in [0.5, 0.6) is 0 Å². The van der Waals surface area contributed by atoms with Crippen LogP contribution in [0.3, 0.4) is 0 Å². The zero-order chi connectivity index (χ0) is 14.0. The summed E-state index contributed by atoms with van der Waals surface area (Å²) in [5, 5.41) is 3.50. The highest BCUT2D eigenvalue weighted by molar-refractivity contribution is 5.84. The maximum absolute atomic E-state index is 12.5. The molecule has 0 saturated carbocycles. The first-order valence-electron chi connectivity index (χ1n) is 7.71. The molecule has 2 rings (SSSR count). The molecule has 110 valence electrons. The van der Waals surface area contributed by atoms with Crippen LogP contribution in [0.4, 0.5) is 0 Å². The van der Waals surface area contributed by atoms with E-state index < -0.39 is 0 Å². The van der Waals surface area contributed by atoms with Gasteiger partial charge in [-0.1, -0.05) is 20.8 Å². The fourth-order valence-corrected chi connectivity index (χ4v) is 3.21. The Labute approximate surface area is 116 Å². The van der Waals surface area contributed by atoms with Crippen molar-refractivity contribution >= 4 is 5.91 Å². The second-order valence-electron chi connectivity index (χ2n) is 6.39. The van der Waals surface area contributed by atoms with Gasteiger partial charge in [0.15, 0.2) is 0 Å². The Bertz CT molecular complexity index is 319. The quantitative estimate of drug-likeness (QED) is 0.829. The number of hydrogen-bond acceptors (Lipinski definition) is 3. The van der Waals surface area contributed by atoms with Gasteiger partial charge in [-0.05, 0) is 32.1 Å². The van der Waals surface area contributed by atoms with Gasteiger partial charge in [-0.15, -0.1) is 0 Å². The summed E-state index contributed by atoms with van der Waals surface area (Å²) in [6, 6.07) is 0.0163. The minimum Gasteiger partial charge on any atom is -0.378 e. The molecule has 2 heterocycles. The van der Waals surface area contributed by atoms with E-state index in [9.17, 15) is 4.79 Å². The number of hydrogen-bond donors (Lipinski definition) is 1. The molecule has 0 aromatic carbocycles. The van der Waals surface area contributed by atoms with Crippen LogP contribution in [-0.4, -0.2) is 42.3 Å². The average Bonchev–Trinajstić information content (AvgIpc) is 2.87. The van der Waals surface area contributed by atoms with Crippen molar-refractivity contribution in [1.29, 1.82) is 0 Å². The van der Waals surface area contributed by atoms with Crippen molar-refractivity contribution in [3.8, 4) is 0 Å². The first kappa shape index (κ1) is 14.8. The number of amides is 1. The SMILES string of the molecule is CCC1NC(CC(C)C)C(=O)N1CC1CCOC1C. The standard InChI is InChI=1S/C15H28N2O2/c1-5-14-16-13(8-10(2)3)15(18)17(14)9-12-6-7-19-11(12)4/h10-14,16H,5-9H2,1-4H3. The summed E-state index contributed by atoms with van der Waals surface area (Å²) < 4.78 is 5.61. The number of nitrogens with zero attached hydrogens (tertiary/aromatic N) is 1. The van der Waals surface area contributed by atoms with E-state index in [0.717, 1.165) is 32.4 Å². The summed E-state index contributed by atoms with van der Waals surface area (Å²) in [5.41, 5.74) is 0. The highest BCUT2D eigenvalue weighted by Crippen LogP contribution is 2.26. The lowest BCUT2D eigenvalue weighted by atomic mass is 10.0. The molecule has 4 heteroatoms. The molecule has 4 nitrogen and oxygen atoms in total. The molecular weight excluding hydrogens is 240 g/mol. The van der Waals surface area contributed by atoms with Crippen molar-refractivity contribution in [2.75, 3.05) is 13.2 Å². The van der Waals surface area contributed by atoms with Crippen LogP contribution in [0.15, 0.2) is 0 Å². The molecular formula is C15H28N2O2. The monoisotopic (exact) mass is 268 g/mol. The van der Waals surface area contributed by atoms with E-state index in [1.807, 2.05) is 0 Å². The Morgan fingerprint density at radius 1 is 1.47 bits per heavy atom. The lowest BCUT2D eigenvalue weighted by Gasteiger charge is -2.27. The minimum absolute atomic E-state index is 0.0163. The highest BCUT2D eigenvalue weighted by Gasteiger charge is 2.40. The molecule has 0 bridgehead atoms. The molecule has 2 aliphatic rings. The predicted octanol–water partition coefficient (Wildman–Crippen LogP) is 1.99. The van der Waals surface area contributed by atoms with Crippen molar-refractivity contribution in [3.63, 3.8) is 0 Å². The molecule has 2 fully saturated rings. The molecule has 4 atom stereocenters. The van der Waals surface area contributed by atoms with Crippen LogP contribution < -0.4 is 5.32 Å². The number of rotatable bonds is 5. The lowest BCUT2D eigenvalue weighted by molar-refractivity contribution is -0.131. The first-order chi connectivity index (χ1) is 9.02. The van der Waals surface area contributed by atoms with Gasteiger partial charge in [-0.3, -0.25) is 10.1 Å². The predicted molar refractivity (Wildman–Crippen MR) is 75.7 cm³/mol. The normalized spacial score (nSPS) is 35.6. The lowest BCUT2D eigenvalue weighted by Crippen LogP contribution is -2.41. The molecule has 2 saturated heterocycles. The summed E-state index contributed by atoms with van der Waals surface area (Å²) in [6.07, 6.45) is 3.49. The topological polar surface area (TPSA) is 41.6 Å². The van der Waals surface area contributed by atoms with E-state index in [-0.39, 0.29) is 18.3 Å². The molecule has 0 aromatic rings. The van der Waals surface area contributed by atoms with E-state index in [1.165, 1.54) is 0 Å². The maximum Gasteiger partial charge on any atom is 0.241 e. The third-order valence-electron chi connectivity index (χ3n) is 4.41. The van der Waals surface area contributed by atoms with Crippen LogP contribution >= 0.6 is 0 Å². The molecule has 0 radical (unpaired) electrons. The smallest absolute Gasteiger partial charge is 0.241 e. The molecule has 1 amide bonds. The van der Waals surface area contributed by atoms with Gasteiger partial charge in [0, 0.05) is 19.1 Å². The number of carbonyl (C=O) groups excluding carboxylic acids is 1. The summed E-state index contributed by atoms with van der Waals surface area (Å²) >= 11 is 0. The third-order valence-corrected chi connectivity index (χ3v) is 4.41. The number of ether oxygens (including phenoxy) is 1. The molecule has 0 aromatic heterocycles. The van der Waals surface area contributed by atoms with E-state index in [4.69, 9.17) is 4.74 Å². The minimum atomic E-state index is 0.0163. The fraction of sp³-hybridized carbons (Fsp3) is 0.933. The Morgan fingerprint density at radius 3 is 2.74 bits per heavy atom. The molecule has 1 N–H and O–H groups in total. The van der Waals surface area contributed by atoms with Crippen LogP contribution in [0.1, 0.15) is 47.0 Å². The molecule has 2 aliphatic heterocycles. The van der Waals surface area contributed by atoms with Crippen molar-refractivity contribution in [2.24, 2.45) is 11.8 Å². The number of nitrogens with one attached hydrogen (secondary N) is 1. The molecule has 0 spiro atoms. The van der Waals surface area contributed by atoms with E-state index in [1.54, 1.807) is 0 Å². The van der Waals surface area contributed by atoms with Crippen molar-refractivity contribution in [3.05, 3.63) is 0 Å². The van der Waals surface area contributed by atoms with Crippen LogP contribution in [0.25, 0.3) is 0 Å². The summed E-state index contributed by atoms with van der Waals surface area (Å²) in [5.74, 6) is 1.34. The zero-order valence-corrected chi connectivity index (χ0v) is 12.7. The van der Waals surface area contributed by atoms with Crippen LogP contribution in [-0.2, 0) is 9.53 Å².